The molecule has 0 bridgehead atoms. The SMILES string of the molecule is OC(CCOCC(F)F)Cc1cccc(F)c1Br. The Kier molecular flexibility index (Phi) is 6.67. The topological polar surface area (TPSA) is 29.5 Å². The molecule has 0 radical (unpaired) electrons. The van der Waals surface area contributed by atoms with Crippen molar-refractivity contribution < 1.29 is 23.0 Å². The molecular weight excluding hydrogens is 313 g/mol. The number of aliphatic hydroxyl groups excluding tert-OH is 1. The summed E-state index contributed by atoms with van der Waals surface area (Å²) in [5.41, 5.74) is 0.636. The number of ether oxygens (including phenoxy) is 1. The van der Waals surface area contributed by atoms with Gasteiger partial charge < -0.3 is 9.84 Å². The lowest BCUT2D eigenvalue weighted by Crippen LogP contribution is -2.15. The Hall–Kier alpha value is -0.590. The van der Waals surface area contributed by atoms with Crippen molar-refractivity contribution in [3.8, 4) is 0 Å². The lowest BCUT2D eigenvalue weighted by Gasteiger charge is -2.12. The third kappa shape index (κ3) is 5.37. The van der Waals surface area contributed by atoms with Crippen LogP contribution in [-0.4, -0.2) is 30.8 Å². The smallest absolute Gasteiger partial charge is 0.261 e. The van der Waals surface area contributed by atoms with E-state index in [-0.39, 0.29) is 19.4 Å². The normalized spacial score (nSPS) is 13.0. The number of benzene rings is 1. The first kappa shape index (κ1) is 15.5. The predicted molar refractivity (Wildman–Crippen MR) is 65.3 cm³/mol. The molecule has 0 spiro atoms. The van der Waals surface area contributed by atoms with Crippen LogP contribution in [0.5, 0.6) is 0 Å². The maximum atomic E-state index is 13.2. The second-order valence-corrected chi connectivity index (χ2v) is 4.62. The first-order chi connectivity index (χ1) is 8.50. The number of alkyl halides is 2. The lowest BCUT2D eigenvalue weighted by molar-refractivity contribution is 0.00510. The Morgan fingerprint density at radius 2 is 2.06 bits per heavy atom. The van der Waals surface area contributed by atoms with Crippen molar-refractivity contribution in [2.24, 2.45) is 0 Å². The van der Waals surface area contributed by atoms with E-state index in [2.05, 4.69) is 20.7 Å². The van der Waals surface area contributed by atoms with Crippen molar-refractivity contribution >= 4 is 15.9 Å². The van der Waals surface area contributed by atoms with Crippen molar-refractivity contribution in [3.05, 3.63) is 34.1 Å². The van der Waals surface area contributed by atoms with Gasteiger partial charge in [-0.3, -0.25) is 0 Å². The summed E-state index contributed by atoms with van der Waals surface area (Å²) >= 11 is 3.09. The molecule has 1 rings (SSSR count). The first-order valence-electron chi connectivity index (χ1n) is 5.47. The van der Waals surface area contributed by atoms with Gasteiger partial charge in [0.15, 0.2) is 0 Å². The Morgan fingerprint density at radius 1 is 1.33 bits per heavy atom. The molecule has 102 valence electrons. The summed E-state index contributed by atoms with van der Waals surface area (Å²) in [5.74, 6) is -0.395. The Bertz CT molecular complexity index is 374. The average Bonchev–Trinajstić information content (AvgIpc) is 2.30. The van der Waals surface area contributed by atoms with Crippen LogP contribution in [0.25, 0.3) is 0 Å². The van der Waals surface area contributed by atoms with Gasteiger partial charge >= 0.3 is 0 Å². The molecule has 1 aromatic carbocycles. The van der Waals surface area contributed by atoms with E-state index in [1.165, 1.54) is 6.07 Å². The summed E-state index contributed by atoms with van der Waals surface area (Å²) in [4.78, 5) is 0. The number of aliphatic hydroxyl groups is 1. The molecule has 18 heavy (non-hydrogen) atoms. The fourth-order valence-corrected chi connectivity index (χ4v) is 1.88. The van der Waals surface area contributed by atoms with Gasteiger partial charge in [0.05, 0.1) is 10.6 Å². The van der Waals surface area contributed by atoms with E-state index in [1.807, 2.05) is 0 Å². The Labute approximate surface area is 112 Å². The molecule has 2 nitrogen and oxygen atoms in total. The highest BCUT2D eigenvalue weighted by Crippen LogP contribution is 2.22. The number of hydrogen-bond acceptors (Lipinski definition) is 2. The van der Waals surface area contributed by atoms with Crippen LogP contribution in [0.3, 0.4) is 0 Å². The lowest BCUT2D eigenvalue weighted by atomic mass is 10.1. The molecule has 1 N–H and O–H groups in total. The van der Waals surface area contributed by atoms with Crippen LogP contribution in [-0.2, 0) is 11.2 Å². The molecule has 1 atom stereocenters. The van der Waals surface area contributed by atoms with Gasteiger partial charge in [0, 0.05) is 6.61 Å². The minimum Gasteiger partial charge on any atom is -0.393 e. The molecule has 1 aromatic rings. The zero-order valence-corrected chi connectivity index (χ0v) is 11.2. The van der Waals surface area contributed by atoms with E-state index in [9.17, 15) is 18.3 Å². The maximum absolute atomic E-state index is 13.2. The van der Waals surface area contributed by atoms with Gasteiger partial charge in [-0.25, -0.2) is 13.2 Å². The number of rotatable bonds is 7. The largest absolute Gasteiger partial charge is 0.393 e. The van der Waals surface area contributed by atoms with Gasteiger partial charge in [-0.15, -0.1) is 0 Å². The minimum absolute atomic E-state index is 0.0540. The molecule has 6 heteroatoms. The third-order valence-electron chi connectivity index (χ3n) is 2.33. The zero-order valence-electron chi connectivity index (χ0n) is 9.58. The third-order valence-corrected chi connectivity index (χ3v) is 3.21. The fourth-order valence-electron chi connectivity index (χ4n) is 1.45. The van der Waals surface area contributed by atoms with Gasteiger partial charge in [-0.1, -0.05) is 12.1 Å². The molecule has 0 saturated heterocycles. The van der Waals surface area contributed by atoms with Gasteiger partial charge in [-0.2, -0.15) is 0 Å². The Morgan fingerprint density at radius 3 is 2.72 bits per heavy atom. The standard InChI is InChI=1S/C12H14BrF3O2/c13-12-8(2-1-3-10(12)14)6-9(17)4-5-18-7-11(15)16/h1-3,9,11,17H,4-7H2. The van der Waals surface area contributed by atoms with Gasteiger partial charge in [0.1, 0.15) is 12.4 Å². The van der Waals surface area contributed by atoms with Crippen molar-refractivity contribution in [1.29, 1.82) is 0 Å². The summed E-state index contributed by atoms with van der Waals surface area (Å²) in [6.07, 6.45) is -2.77. The van der Waals surface area contributed by atoms with Crippen molar-refractivity contribution in [3.63, 3.8) is 0 Å². The van der Waals surface area contributed by atoms with Gasteiger partial charge in [0.2, 0.25) is 0 Å². The summed E-state index contributed by atoms with van der Waals surface area (Å²) in [7, 11) is 0. The van der Waals surface area contributed by atoms with E-state index in [0.717, 1.165) is 0 Å². The molecule has 0 heterocycles. The second-order valence-electron chi connectivity index (χ2n) is 3.83. The molecule has 0 aromatic heterocycles. The predicted octanol–water partition coefficient (Wildman–Crippen LogP) is 3.16. The molecule has 0 aliphatic heterocycles. The van der Waals surface area contributed by atoms with Gasteiger partial charge in [-0.05, 0) is 40.4 Å². The molecule has 0 aliphatic carbocycles. The van der Waals surface area contributed by atoms with Crippen LogP contribution in [0.15, 0.2) is 22.7 Å². The van der Waals surface area contributed by atoms with Crippen molar-refractivity contribution in [2.75, 3.05) is 13.2 Å². The van der Waals surface area contributed by atoms with Crippen LogP contribution >= 0.6 is 15.9 Å². The monoisotopic (exact) mass is 326 g/mol. The van der Waals surface area contributed by atoms with Gasteiger partial charge in [0.25, 0.3) is 6.43 Å². The summed E-state index contributed by atoms with van der Waals surface area (Å²) in [6, 6.07) is 4.55. The van der Waals surface area contributed by atoms with E-state index in [4.69, 9.17) is 0 Å². The number of hydrogen-bond donors (Lipinski definition) is 1. The highest BCUT2D eigenvalue weighted by Gasteiger charge is 2.11. The van der Waals surface area contributed by atoms with Crippen LogP contribution in [0, 0.1) is 5.82 Å². The second kappa shape index (κ2) is 7.76. The molecule has 0 saturated carbocycles. The average molecular weight is 327 g/mol. The van der Waals surface area contributed by atoms with Crippen molar-refractivity contribution in [1.82, 2.24) is 0 Å². The van der Waals surface area contributed by atoms with E-state index in [1.54, 1.807) is 12.1 Å². The van der Waals surface area contributed by atoms with E-state index in [0.29, 0.717) is 10.0 Å². The quantitative estimate of drug-likeness (QED) is 0.780. The van der Waals surface area contributed by atoms with Crippen LogP contribution in [0.4, 0.5) is 13.2 Å². The first-order valence-corrected chi connectivity index (χ1v) is 6.27. The molecule has 0 fully saturated rings. The molecule has 0 aliphatic rings. The van der Waals surface area contributed by atoms with E-state index >= 15 is 0 Å². The van der Waals surface area contributed by atoms with Crippen molar-refractivity contribution in [2.45, 2.75) is 25.4 Å². The summed E-state index contributed by atoms with van der Waals surface area (Å²) in [6.45, 7) is -0.575. The Balaban J connectivity index is 2.35. The summed E-state index contributed by atoms with van der Waals surface area (Å²) < 4.78 is 41.7. The summed E-state index contributed by atoms with van der Waals surface area (Å²) in [5, 5.41) is 9.67. The van der Waals surface area contributed by atoms with Crippen LogP contribution in [0.1, 0.15) is 12.0 Å². The zero-order chi connectivity index (χ0) is 13.5. The highest BCUT2D eigenvalue weighted by atomic mass is 79.9. The molecule has 1 unspecified atom stereocenters. The van der Waals surface area contributed by atoms with Crippen LogP contribution in [0.2, 0.25) is 0 Å². The van der Waals surface area contributed by atoms with Crippen LogP contribution < -0.4 is 0 Å². The maximum Gasteiger partial charge on any atom is 0.261 e. The highest BCUT2D eigenvalue weighted by molar-refractivity contribution is 9.10. The number of halogens is 4. The molecular formula is C12H14BrF3O2. The van der Waals surface area contributed by atoms with E-state index < -0.39 is 25.0 Å². The molecule has 0 amide bonds. The fraction of sp³-hybridized carbons (Fsp3) is 0.500. The minimum atomic E-state index is -2.50.